The Hall–Kier alpha value is -0.830. The Morgan fingerprint density at radius 3 is 2.67 bits per heavy atom. The molecule has 132 valence electrons. The molecule has 0 aromatic rings. The molecule has 3 heteroatoms. The molecule has 3 nitrogen and oxygen atoms in total. The zero-order chi connectivity index (χ0) is 16.5. The van der Waals surface area contributed by atoms with Gasteiger partial charge in [-0.15, -0.1) is 0 Å². The minimum Gasteiger partial charge on any atom is -0.374 e. The molecule has 2 unspecified atom stereocenters. The lowest BCUT2D eigenvalue weighted by Crippen LogP contribution is -2.59. The number of fused-ring (bicyclic) bond motifs is 5. The van der Waals surface area contributed by atoms with Gasteiger partial charge in [-0.2, -0.15) is 0 Å². The molecule has 0 bridgehead atoms. The number of hydrogen-bond acceptors (Lipinski definition) is 2. The predicted octanol–water partition coefficient (Wildman–Crippen LogP) is 3.83. The second kappa shape index (κ2) is 5.09. The van der Waals surface area contributed by atoms with Crippen molar-refractivity contribution in [2.75, 3.05) is 0 Å². The van der Waals surface area contributed by atoms with Crippen LogP contribution >= 0.6 is 0 Å². The van der Waals surface area contributed by atoms with Gasteiger partial charge in [0.1, 0.15) is 0 Å². The van der Waals surface area contributed by atoms with E-state index in [9.17, 15) is 4.79 Å². The zero-order valence-electron chi connectivity index (χ0n) is 15.1. The zero-order valence-corrected chi connectivity index (χ0v) is 15.1. The van der Waals surface area contributed by atoms with Crippen LogP contribution in [0.15, 0.2) is 12.2 Å². The number of carbonyl (C=O) groups excluding carboxylic acids is 1. The SMILES string of the molecule is C[C@]12C=CC(=O)NC1CC[C@@H]1[C@H]2CC[C@]2(C)C(OC3CC3)CC[C@@H]12. The summed E-state index contributed by atoms with van der Waals surface area (Å²) in [5, 5.41) is 3.25. The molecule has 4 saturated carbocycles. The highest BCUT2D eigenvalue weighted by atomic mass is 16.5. The maximum Gasteiger partial charge on any atom is 0.243 e. The lowest BCUT2D eigenvalue weighted by Gasteiger charge is -2.58. The monoisotopic (exact) mass is 329 g/mol. The van der Waals surface area contributed by atoms with Crippen molar-refractivity contribution >= 4 is 5.91 Å². The molecular weight excluding hydrogens is 298 g/mol. The lowest BCUT2D eigenvalue weighted by atomic mass is 9.48. The summed E-state index contributed by atoms with van der Waals surface area (Å²) in [6.45, 7) is 4.93. The summed E-state index contributed by atoms with van der Waals surface area (Å²) in [5.41, 5.74) is 0.558. The van der Waals surface area contributed by atoms with Crippen molar-refractivity contribution < 1.29 is 9.53 Å². The minimum atomic E-state index is 0.107. The van der Waals surface area contributed by atoms with E-state index >= 15 is 0 Å². The van der Waals surface area contributed by atoms with Crippen molar-refractivity contribution in [3.05, 3.63) is 12.2 Å². The van der Waals surface area contributed by atoms with Crippen LogP contribution in [-0.4, -0.2) is 24.2 Å². The van der Waals surface area contributed by atoms with E-state index in [0.717, 1.165) is 24.2 Å². The van der Waals surface area contributed by atoms with Gasteiger partial charge >= 0.3 is 0 Å². The Morgan fingerprint density at radius 1 is 1.04 bits per heavy atom. The van der Waals surface area contributed by atoms with Gasteiger partial charge in [-0.05, 0) is 80.6 Å². The van der Waals surface area contributed by atoms with Crippen molar-refractivity contribution in [3.63, 3.8) is 0 Å². The number of hydrogen-bond donors (Lipinski definition) is 1. The first kappa shape index (κ1) is 15.4. The van der Waals surface area contributed by atoms with Gasteiger partial charge in [-0.1, -0.05) is 19.9 Å². The number of rotatable bonds is 2. The van der Waals surface area contributed by atoms with Crippen molar-refractivity contribution in [1.82, 2.24) is 5.32 Å². The van der Waals surface area contributed by atoms with Gasteiger partial charge in [0.05, 0.1) is 12.2 Å². The highest BCUT2D eigenvalue weighted by Gasteiger charge is 2.60. The summed E-state index contributed by atoms with van der Waals surface area (Å²) in [7, 11) is 0. The molecule has 1 heterocycles. The van der Waals surface area contributed by atoms with Crippen molar-refractivity contribution in [2.45, 2.75) is 83.5 Å². The van der Waals surface area contributed by atoms with E-state index < -0.39 is 0 Å². The highest BCUT2D eigenvalue weighted by molar-refractivity contribution is 5.89. The standard InChI is InChI=1S/C21H31NO2/c1-20-12-10-19(23)22-17(20)7-5-14-15-6-8-18(24-13-3-4-13)21(15,2)11-9-16(14)20/h10,12-18H,3-9,11H2,1-2H3,(H,22,23)/t14-,15-,16+,17?,18?,20+,21-/m0/s1. The second-order valence-corrected chi connectivity index (χ2v) is 9.66. The van der Waals surface area contributed by atoms with Gasteiger partial charge in [0.25, 0.3) is 0 Å². The van der Waals surface area contributed by atoms with Crippen LogP contribution in [0.25, 0.3) is 0 Å². The molecule has 5 aliphatic rings. The summed E-state index contributed by atoms with van der Waals surface area (Å²) in [6.07, 6.45) is 15.4. The molecule has 1 amide bonds. The summed E-state index contributed by atoms with van der Waals surface area (Å²) in [6, 6.07) is 0.348. The molecule has 0 saturated heterocycles. The van der Waals surface area contributed by atoms with E-state index in [4.69, 9.17) is 4.74 Å². The molecule has 7 atom stereocenters. The first-order valence-corrected chi connectivity index (χ1v) is 10.2. The van der Waals surface area contributed by atoms with E-state index in [-0.39, 0.29) is 11.3 Å². The molecule has 0 radical (unpaired) electrons. The molecule has 1 N–H and O–H groups in total. The van der Waals surface area contributed by atoms with Crippen LogP contribution < -0.4 is 5.32 Å². The van der Waals surface area contributed by atoms with Crippen LogP contribution in [-0.2, 0) is 9.53 Å². The molecule has 1 aliphatic heterocycles. The van der Waals surface area contributed by atoms with Crippen LogP contribution in [0.2, 0.25) is 0 Å². The van der Waals surface area contributed by atoms with Crippen molar-refractivity contribution in [3.8, 4) is 0 Å². The minimum absolute atomic E-state index is 0.107. The van der Waals surface area contributed by atoms with E-state index in [1.807, 2.05) is 0 Å². The van der Waals surface area contributed by atoms with Crippen LogP contribution in [0.5, 0.6) is 0 Å². The molecule has 0 aromatic heterocycles. The number of nitrogens with one attached hydrogen (secondary N) is 1. The lowest BCUT2D eigenvalue weighted by molar-refractivity contribution is -0.125. The fourth-order valence-corrected chi connectivity index (χ4v) is 6.95. The second-order valence-electron chi connectivity index (χ2n) is 9.66. The Kier molecular flexibility index (Phi) is 3.27. The number of carbonyl (C=O) groups is 1. The Morgan fingerprint density at radius 2 is 1.88 bits per heavy atom. The van der Waals surface area contributed by atoms with Gasteiger partial charge in [0, 0.05) is 11.5 Å². The Balaban J connectivity index is 1.42. The van der Waals surface area contributed by atoms with Crippen molar-refractivity contribution in [1.29, 1.82) is 0 Å². The van der Waals surface area contributed by atoms with Crippen LogP contribution in [0, 0.1) is 28.6 Å². The predicted molar refractivity (Wildman–Crippen MR) is 93.4 cm³/mol. The highest BCUT2D eigenvalue weighted by Crippen LogP contribution is 2.64. The quantitative estimate of drug-likeness (QED) is 0.836. The maximum atomic E-state index is 11.8. The van der Waals surface area contributed by atoms with E-state index in [1.54, 1.807) is 6.08 Å². The van der Waals surface area contributed by atoms with Crippen LogP contribution in [0.1, 0.15) is 65.2 Å². The fraction of sp³-hybridized carbons (Fsp3) is 0.857. The third kappa shape index (κ3) is 2.09. The third-order valence-corrected chi connectivity index (χ3v) is 8.48. The maximum absolute atomic E-state index is 11.8. The smallest absolute Gasteiger partial charge is 0.243 e. The average Bonchev–Trinajstić information content (AvgIpc) is 3.31. The van der Waals surface area contributed by atoms with Gasteiger partial charge in [0.2, 0.25) is 5.91 Å². The first-order chi connectivity index (χ1) is 11.5. The summed E-state index contributed by atoms with van der Waals surface area (Å²) in [5.74, 6) is 2.47. The Bertz CT molecular complexity index is 582. The van der Waals surface area contributed by atoms with E-state index in [0.29, 0.717) is 23.7 Å². The molecule has 4 aliphatic carbocycles. The molecule has 5 rings (SSSR count). The number of ether oxygens (including phenoxy) is 1. The molecular formula is C21H31NO2. The normalized spacial score (nSPS) is 53.1. The van der Waals surface area contributed by atoms with Crippen molar-refractivity contribution in [2.24, 2.45) is 28.6 Å². The van der Waals surface area contributed by atoms with Crippen LogP contribution in [0.4, 0.5) is 0 Å². The van der Waals surface area contributed by atoms with Gasteiger partial charge in [0.15, 0.2) is 0 Å². The Labute approximate surface area is 145 Å². The largest absolute Gasteiger partial charge is 0.374 e. The topological polar surface area (TPSA) is 38.3 Å². The van der Waals surface area contributed by atoms with E-state index in [2.05, 4.69) is 25.2 Å². The average molecular weight is 329 g/mol. The molecule has 0 aromatic carbocycles. The third-order valence-electron chi connectivity index (χ3n) is 8.48. The van der Waals surface area contributed by atoms with Gasteiger partial charge in [-0.25, -0.2) is 0 Å². The fourth-order valence-electron chi connectivity index (χ4n) is 6.95. The summed E-state index contributed by atoms with van der Waals surface area (Å²) in [4.78, 5) is 11.8. The summed E-state index contributed by atoms with van der Waals surface area (Å²) >= 11 is 0. The molecule has 4 fully saturated rings. The van der Waals surface area contributed by atoms with Gasteiger partial charge < -0.3 is 10.1 Å². The number of amides is 1. The van der Waals surface area contributed by atoms with Crippen LogP contribution in [0.3, 0.4) is 0 Å². The summed E-state index contributed by atoms with van der Waals surface area (Å²) < 4.78 is 6.45. The first-order valence-electron chi connectivity index (χ1n) is 10.2. The molecule has 0 spiro atoms. The van der Waals surface area contributed by atoms with E-state index in [1.165, 1.54) is 44.9 Å². The van der Waals surface area contributed by atoms with Gasteiger partial charge in [-0.3, -0.25) is 4.79 Å². The molecule has 24 heavy (non-hydrogen) atoms.